The van der Waals surface area contributed by atoms with Gasteiger partial charge in [0, 0.05) is 20.6 Å². The van der Waals surface area contributed by atoms with Crippen molar-refractivity contribution in [2.45, 2.75) is 6.92 Å². The standard InChI is InChI=1S/C17H14Cl3N3O3S/c1-9-4-13(2-3-14(9)20)26-8-15(24)22-23-17(27)21-16(25)10-5-11(18)7-12(19)6-10/h2-7H,8H2,1H3,(H,22,24)(H2,21,23,25,27). The van der Waals surface area contributed by atoms with Gasteiger partial charge < -0.3 is 4.74 Å². The van der Waals surface area contributed by atoms with Crippen LogP contribution in [0.3, 0.4) is 0 Å². The van der Waals surface area contributed by atoms with E-state index >= 15 is 0 Å². The van der Waals surface area contributed by atoms with Crippen LogP contribution in [0, 0.1) is 6.92 Å². The van der Waals surface area contributed by atoms with Crippen LogP contribution in [0.1, 0.15) is 15.9 Å². The van der Waals surface area contributed by atoms with Gasteiger partial charge in [-0.05, 0) is 61.1 Å². The Bertz CT molecular complexity index is 873. The molecule has 6 nitrogen and oxygen atoms in total. The van der Waals surface area contributed by atoms with Crippen LogP contribution in [0.5, 0.6) is 5.75 Å². The number of amides is 2. The largest absolute Gasteiger partial charge is 0.484 e. The van der Waals surface area contributed by atoms with Crippen molar-refractivity contribution in [2.24, 2.45) is 0 Å². The van der Waals surface area contributed by atoms with Gasteiger partial charge in [-0.15, -0.1) is 0 Å². The zero-order chi connectivity index (χ0) is 20.0. The smallest absolute Gasteiger partial charge is 0.276 e. The number of hydrazine groups is 1. The molecule has 0 fully saturated rings. The van der Waals surface area contributed by atoms with E-state index in [1.54, 1.807) is 18.2 Å². The molecule has 0 bridgehead atoms. The number of rotatable bonds is 4. The normalized spacial score (nSPS) is 10.1. The second-order valence-corrected chi connectivity index (χ2v) is 7.00. The Kier molecular flexibility index (Phi) is 7.67. The van der Waals surface area contributed by atoms with Gasteiger partial charge in [0.25, 0.3) is 11.8 Å². The van der Waals surface area contributed by atoms with Crippen LogP contribution in [0.4, 0.5) is 0 Å². The summed E-state index contributed by atoms with van der Waals surface area (Å²) in [6.45, 7) is 1.57. The van der Waals surface area contributed by atoms with Gasteiger partial charge in [0.1, 0.15) is 5.75 Å². The van der Waals surface area contributed by atoms with E-state index in [1.165, 1.54) is 18.2 Å². The second-order valence-electron chi connectivity index (χ2n) is 5.31. The number of thiocarbonyl (C=S) groups is 1. The summed E-state index contributed by atoms with van der Waals surface area (Å²) in [5, 5.41) is 3.52. The molecule has 142 valence electrons. The maximum atomic E-state index is 12.1. The summed E-state index contributed by atoms with van der Waals surface area (Å²) < 4.78 is 5.34. The Morgan fingerprint density at radius 1 is 1.04 bits per heavy atom. The summed E-state index contributed by atoms with van der Waals surface area (Å²) >= 11 is 22.6. The number of nitrogens with one attached hydrogen (secondary N) is 3. The molecule has 0 unspecified atom stereocenters. The van der Waals surface area contributed by atoms with Crippen molar-refractivity contribution in [1.82, 2.24) is 16.2 Å². The van der Waals surface area contributed by atoms with Crippen molar-refractivity contribution in [1.29, 1.82) is 0 Å². The van der Waals surface area contributed by atoms with Crippen molar-refractivity contribution < 1.29 is 14.3 Å². The minimum absolute atomic E-state index is 0.105. The summed E-state index contributed by atoms with van der Waals surface area (Å²) in [5.41, 5.74) is 5.77. The summed E-state index contributed by atoms with van der Waals surface area (Å²) in [7, 11) is 0. The van der Waals surface area contributed by atoms with E-state index in [1.807, 2.05) is 6.92 Å². The molecular weight excluding hydrogens is 433 g/mol. The number of carbonyl (C=O) groups excluding carboxylic acids is 2. The van der Waals surface area contributed by atoms with Gasteiger partial charge in [-0.1, -0.05) is 34.8 Å². The first kappa shape index (κ1) is 21.2. The molecule has 0 aliphatic heterocycles. The van der Waals surface area contributed by atoms with E-state index < -0.39 is 11.8 Å². The highest BCUT2D eigenvalue weighted by molar-refractivity contribution is 7.80. The molecule has 0 radical (unpaired) electrons. The van der Waals surface area contributed by atoms with Crippen LogP contribution in [0.15, 0.2) is 36.4 Å². The van der Waals surface area contributed by atoms with Crippen molar-refractivity contribution in [3.05, 3.63) is 62.6 Å². The summed E-state index contributed by atoms with van der Waals surface area (Å²) in [4.78, 5) is 23.9. The Morgan fingerprint density at radius 3 is 2.33 bits per heavy atom. The molecular formula is C17H14Cl3N3O3S. The minimum atomic E-state index is -0.529. The SMILES string of the molecule is Cc1cc(OCC(=O)NNC(=S)NC(=O)c2cc(Cl)cc(Cl)c2)ccc1Cl. The fourth-order valence-electron chi connectivity index (χ4n) is 1.91. The monoisotopic (exact) mass is 445 g/mol. The molecule has 2 rings (SSSR count). The Balaban J connectivity index is 1.78. The van der Waals surface area contributed by atoms with Gasteiger partial charge in [0.05, 0.1) is 0 Å². The summed E-state index contributed by atoms with van der Waals surface area (Å²) in [6.07, 6.45) is 0. The lowest BCUT2D eigenvalue weighted by molar-refractivity contribution is -0.123. The topological polar surface area (TPSA) is 79.5 Å². The van der Waals surface area contributed by atoms with Crippen molar-refractivity contribution in [3.8, 4) is 5.75 Å². The Labute approximate surface area is 176 Å². The quantitative estimate of drug-likeness (QED) is 0.493. The molecule has 0 aliphatic carbocycles. The first-order valence-electron chi connectivity index (χ1n) is 7.50. The highest BCUT2D eigenvalue weighted by atomic mass is 35.5. The number of ether oxygens (including phenoxy) is 1. The van der Waals surface area contributed by atoms with Crippen molar-refractivity contribution in [2.75, 3.05) is 6.61 Å². The fourth-order valence-corrected chi connectivity index (χ4v) is 2.70. The van der Waals surface area contributed by atoms with Crippen molar-refractivity contribution in [3.63, 3.8) is 0 Å². The number of hydrogen-bond donors (Lipinski definition) is 3. The zero-order valence-electron chi connectivity index (χ0n) is 13.9. The Hall–Kier alpha value is -2.06. The summed E-state index contributed by atoms with van der Waals surface area (Å²) in [5.74, 6) is -0.523. The van der Waals surface area contributed by atoms with E-state index in [2.05, 4.69) is 16.2 Å². The maximum Gasteiger partial charge on any atom is 0.276 e. The van der Waals surface area contributed by atoms with Gasteiger partial charge in [0.2, 0.25) is 0 Å². The molecule has 0 heterocycles. The fraction of sp³-hybridized carbons (Fsp3) is 0.118. The molecule has 0 aromatic heterocycles. The lowest BCUT2D eigenvalue weighted by Gasteiger charge is -2.12. The average Bonchev–Trinajstić information content (AvgIpc) is 2.60. The van der Waals surface area contributed by atoms with Crippen LogP contribution >= 0.6 is 47.0 Å². The first-order valence-corrected chi connectivity index (χ1v) is 9.04. The number of halogens is 3. The Morgan fingerprint density at radius 2 is 1.70 bits per heavy atom. The minimum Gasteiger partial charge on any atom is -0.484 e. The van der Waals surface area contributed by atoms with E-state index in [4.69, 9.17) is 51.8 Å². The number of benzene rings is 2. The predicted molar refractivity (Wildman–Crippen MR) is 109 cm³/mol. The highest BCUT2D eigenvalue weighted by Gasteiger charge is 2.11. The molecule has 0 saturated carbocycles. The van der Waals surface area contributed by atoms with E-state index in [-0.39, 0.29) is 17.3 Å². The molecule has 2 aromatic carbocycles. The predicted octanol–water partition coefficient (Wildman–Crippen LogP) is 3.67. The van der Waals surface area contributed by atoms with Gasteiger partial charge in [-0.3, -0.25) is 25.8 Å². The van der Waals surface area contributed by atoms with Gasteiger partial charge in [-0.25, -0.2) is 0 Å². The molecule has 0 spiro atoms. The van der Waals surface area contributed by atoms with Gasteiger partial charge in [-0.2, -0.15) is 0 Å². The molecule has 0 aliphatic rings. The maximum absolute atomic E-state index is 12.1. The van der Waals surface area contributed by atoms with Crippen molar-refractivity contribution >= 4 is 63.9 Å². The van der Waals surface area contributed by atoms with Crippen LogP contribution in [0.2, 0.25) is 15.1 Å². The van der Waals surface area contributed by atoms with E-state index in [9.17, 15) is 9.59 Å². The third kappa shape index (κ3) is 6.88. The highest BCUT2D eigenvalue weighted by Crippen LogP contribution is 2.21. The molecule has 3 N–H and O–H groups in total. The van der Waals surface area contributed by atoms with E-state index in [0.29, 0.717) is 20.8 Å². The van der Waals surface area contributed by atoms with Crippen LogP contribution < -0.4 is 20.9 Å². The molecule has 0 atom stereocenters. The lowest BCUT2D eigenvalue weighted by atomic mass is 10.2. The summed E-state index contributed by atoms with van der Waals surface area (Å²) in [6, 6.07) is 9.41. The van der Waals surface area contributed by atoms with E-state index in [0.717, 1.165) is 5.56 Å². The number of aryl methyl sites for hydroxylation is 1. The van der Waals surface area contributed by atoms with Crippen LogP contribution in [-0.2, 0) is 4.79 Å². The van der Waals surface area contributed by atoms with Gasteiger partial charge in [0.15, 0.2) is 11.7 Å². The third-order valence-electron chi connectivity index (χ3n) is 3.17. The van der Waals surface area contributed by atoms with Gasteiger partial charge >= 0.3 is 0 Å². The molecule has 27 heavy (non-hydrogen) atoms. The molecule has 10 heteroatoms. The second kappa shape index (κ2) is 9.75. The van der Waals surface area contributed by atoms with Crippen LogP contribution in [0.25, 0.3) is 0 Å². The average molecular weight is 447 g/mol. The third-order valence-corrected chi connectivity index (χ3v) is 4.23. The number of hydrogen-bond acceptors (Lipinski definition) is 4. The lowest BCUT2D eigenvalue weighted by Crippen LogP contribution is -2.49. The molecule has 0 saturated heterocycles. The molecule has 2 aromatic rings. The zero-order valence-corrected chi connectivity index (χ0v) is 17.0. The number of carbonyl (C=O) groups is 2. The van der Waals surface area contributed by atoms with Crippen LogP contribution in [-0.4, -0.2) is 23.5 Å². The molecule has 2 amide bonds. The first-order chi connectivity index (χ1) is 12.7.